The summed E-state index contributed by atoms with van der Waals surface area (Å²) in [5, 5.41) is 27.2. The number of carbonyl (C=O) groups excluding carboxylic acids is 1. The van der Waals surface area contributed by atoms with E-state index in [0.717, 1.165) is 0 Å². The summed E-state index contributed by atoms with van der Waals surface area (Å²) < 4.78 is 0. The second-order valence-electron chi connectivity index (χ2n) is 6.92. The van der Waals surface area contributed by atoms with Crippen molar-refractivity contribution in [3.05, 3.63) is 34.0 Å². The highest BCUT2D eigenvalue weighted by Gasteiger charge is 2.25. The SMILES string of the molecule is CC(C)(C)CN(CCCO)C(=O)c1n[nH]c2ccc([N+](=O)[O-])cc12. The van der Waals surface area contributed by atoms with Gasteiger partial charge in [-0.05, 0) is 17.9 Å². The number of nitrogens with one attached hydrogen (secondary N) is 1. The maximum absolute atomic E-state index is 12.9. The Labute approximate surface area is 139 Å². The molecule has 8 nitrogen and oxygen atoms in total. The summed E-state index contributed by atoms with van der Waals surface area (Å²) in [6.45, 7) is 6.92. The molecule has 2 rings (SSSR count). The molecule has 2 aromatic rings. The van der Waals surface area contributed by atoms with Gasteiger partial charge in [0.15, 0.2) is 5.69 Å². The highest BCUT2D eigenvalue weighted by molar-refractivity contribution is 6.05. The molecule has 0 radical (unpaired) electrons. The number of nitro groups is 1. The number of nitrogens with zero attached hydrogens (tertiary/aromatic N) is 3. The van der Waals surface area contributed by atoms with Gasteiger partial charge in [-0.15, -0.1) is 0 Å². The van der Waals surface area contributed by atoms with Crippen molar-refractivity contribution in [1.29, 1.82) is 0 Å². The Morgan fingerprint density at radius 3 is 2.71 bits per heavy atom. The molecule has 130 valence electrons. The number of H-pyrrole nitrogens is 1. The van der Waals surface area contributed by atoms with Gasteiger partial charge >= 0.3 is 0 Å². The van der Waals surface area contributed by atoms with Crippen molar-refractivity contribution in [3.8, 4) is 0 Å². The lowest BCUT2D eigenvalue weighted by Crippen LogP contribution is -2.39. The number of aliphatic hydroxyl groups excluding tert-OH is 1. The second kappa shape index (κ2) is 6.96. The first-order valence-electron chi connectivity index (χ1n) is 7.75. The molecule has 1 heterocycles. The third kappa shape index (κ3) is 4.08. The number of rotatable bonds is 6. The van der Waals surface area contributed by atoms with Crippen molar-refractivity contribution < 1.29 is 14.8 Å². The number of fused-ring (bicyclic) bond motifs is 1. The molecule has 1 amide bonds. The van der Waals surface area contributed by atoms with Crippen molar-refractivity contribution in [2.45, 2.75) is 27.2 Å². The molecule has 8 heteroatoms. The minimum absolute atomic E-state index is 0.0132. The smallest absolute Gasteiger partial charge is 0.275 e. The van der Waals surface area contributed by atoms with Crippen LogP contribution in [0.2, 0.25) is 0 Å². The Kier molecular flexibility index (Phi) is 5.18. The number of aromatic amines is 1. The molecular weight excluding hydrogens is 312 g/mol. The average molecular weight is 334 g/mol. The number of carbonyl (C=O) groups is 1. The van der Waals surface area contributed by atoms with E-state index >= 15 is 0 Å². The van der Waals surface area contributed by atoms with Crippen LogP contribution in [0.15, 0.2) is 18.2 Å². The quantitative estimate of drug-likeness (QED) is 0.622. The number of hydrogen-bond donors (Lipinski definition) is 2. The second-order valence-corrected chi connectivity index (χ2v) is 6.92. The minimum atomic E-state index is -0.501. The normalized spacial score (nSPS) is 11.7. The van der Waals surface area contributed by atoms with E-state index in [1.54, 1.807) is 11.0 Å². The predicted molar refractivity (Wildman–Crippen MR) is 89.8 cm³/mol. The summed E-state index contributed by atoms with van der Waals surface area (Å²) in [7, 11) is 0. The summed E-state index contributed by atoms with van der Waals surface area (Å²) in [6.07, 6.45) is 0.463. The number of aromatic nitrogens is 2. The molecule has 1 aromatic carbocycles. The van der Waals surface area contributed by atoms with Crippen molar-refractivity contribution >= 4 is 22.5 Å². The van der Waals surface area contributed by atoms with Crippen molar-refractivity contribution in [2.75, 3.05) is 19.7 Å². The first-order valence-corrected chi connectivity index (χ1v) is 7.75. The lowest BCUT2D eigenvalue weighted by molar-refractivity contribution is -0.384. The van der Waals surface area contributed by atoms with Gasteiger partial charge in [-0.3, -0.25) is 20.0 Å². The molecule has 0 spiro atoms. The van der Waals surface area contributed by atoms with Gasteiger partial charge in [0.25, 0.3) is 11.6 Å². The van der Waals surface area contributed by atoms with Gasteiger partial charge in [-0.1, -0.05) is 20.8 Å². The lowest BCUT2D eigenvalue weighted by Gasteiger charge is -2.29. The standard InChI is InChI=1S/C16H22N4O4/c1-16(2,3)10-19(7-4-8-21)15(22)14-12-9-11(20(23)24)5-6-13(12)17-18-14/h5-6,9,21H,4,7-8,10H2,1-3H3,(H,17,18). The molecule has 24 heavy (non-hydrogen) atoms. The summed E-state index contributed by atoms with van der Waals surface area (Å²) >= 11 is 0. The highest BCUT2D eigenvalue weighted by Crippen LogP contribution is 2.24. The van der Waals surface area contributed by atoms with Gasteiger partial charge in [0.05, 0.1) is 10.4 Å². The van der Waals surface area contributed by atoms with Crippen LogP contribution in [0.3, 0.4) is 0 Å². The topological polar surface area (TPSA) is 112 Å². The molecule has 0 saturated carbocycles. The highest BCUT2D eigenvalue weighted by atomic mass is 16.6. The van der Waals surface area contributed by atoms with Crippen LogP contribution < -0.4 is 0 Å². The minimum Gasteiger partial charge on any atom is -0.396 e. The first-order chi connectivity index (χ1) is 11.2. The van der Waals surface area contributed by atoms with E-state index in [9.17, 15) is 14.9 Å². The molecule has 0 bridgehead atoms. The van der Waals surface area contributed by atoms with E-state index in [1.165, 1.54) is 12.1 Å². The number of amides is 1. The molecule has 0 fully saturated rings. The molecule has 2 N–H and O–H groups in total. The van der Waals surface area contributed by atoms with Crippen LogP contribution >= 0.6 is 0 Å². The van der Waals surface area contributed by atoms with Gasteiger partial charge in [0, 0.05) is 37.2 Å². The number of aliphatic hydroxyl groups is 1. The maximum atomic E-state index is 12.9. The van der Waals surface area contributed by atoms with Crippen LogP contribution in [0.4, 0.5) is 5.69 Å². The van der Waals surface area contributed by atoms with Crippen molar-refractivity contribution in [3.63, 3.8) is 0 Å². The third-order valence-corrected chi connectivity index (χ3v) is 3.50. The van der Waals surface area contributed by atoms with E-state index in [4.69, 9.17) is 5.11 Å². The summed E-state index contributed by atoms with van der Waals surface area (Å²) in [5.74, 6) is -0.301. The zero-order chi connectivity index (χ0) is 17.9. The van der Waals surface area contributed by atoms with Crippen LogP contribution in [0.25, 0.3) is 10.9 Å². The van der Waals surface area contributed by atoms with Gasteiger partial charge in [0.1, 0.15) is 0 Å². The summed E-state index contributed by atoms with van der Waals surface area (Å²) in [5.41, 5.74) is 0.525. The van der Waals surface area contributed by atoms with Crippen LogP contribution in [-0.4, -0.2) is 50.7 Å². The fourth-order valence-electron chi connectivity index (χ4n) is 2.51. The Bertz CT molecular complexity index is 748. The monoisotopic (exact) mass is 334 g/mol. The van der Waals surface area contributed by atoms with Crippen LogP contribution in [0.5, 0.6) is 0 Å². The first kappa shape index (κ1) is 17.9. The van der Waals surface area contributed by atoms with E-state index in [0.29, 0.717) is 30.4 Å². The zero-order valence-corrected chi connectivity index (χ0v) is 14.1. The van der Waals surface area contributed by atoms with E-state index in [2.05, 4.69) is 10.2 Å². The largest absolute Gasteiger partial charge is 0.396 e. The molecule has 0 aliphatic heterocycles. The lowest BCUT2D eigenvalue weighted by atomic mass is 9.95. The predicted octanol–water partition coefficient (Wildman–Crippen LogP) is 2.34. The molecule has 1 aromatic heterocycles. The molecule has 0 saturated heterocycles. The Balaban J connectivity index is 2.39. The molecule has 0 unspecified atom stereocenters. The van der Waals surface area contributed by atoms with E-state index < -0.39 is 4.92 Å². The Morgan fingerprint density at radius 1 is 1.42 bits per heavy atom. The van der Waals surface area contributed by atoms with Crippen LogP contribution in [0.1, 0.15) is 37.7 Å². The number of hydrogen-bond acceptors (Lipinski definition) is 5. The Morgan fingerprint density at radius 2 is 2.12 bits per heavy atom. The molecular formula is C16H22N4O4. The fourth-order valence-corrected chi connectivity index (χ4v) is 2.51. The van der Waals surface area contributed by atoms with Crippen molar-refractivity contribution in [2.24, 2.45) is 5.41 Å². The zero-order valence-electron chi connectivity index (χ0n) is 14.1. The average Bonchev–Trinajstić information content (AvgIpc) is 2.92. The van der Waals surface area contributed by atoms with Gasteiger partial charge in [0.2, 0.25) is 0 Å². The number of non-ortho nitro benzene ring substituents is 1. The van der Waals surface area contributed by atoms with E-state index in [-0.39, 0.29) is 29.3 Å². The molecule has 0 atom stereocenters. The van der Waals surface area contributed by atoms with Gasteiger partial charge in [-0.2, -0.15) is 5.10 Å². The van der Waals surface area contributed by atoms with E-state index in [1.807, 2.05) is 20.8 Å². The molecule has 0 aliphatic rings. The maximum Gasteiger partial charge on any atom is 0.275 e. The number of benzene rings is 1. The molecule has 0 aliphatic carbocycles. The summed E-state index contributed by atoms with van der Waals surface area (Å²) in [6, 6.07) is 4.26. The van der Waals surface area contributed by atoms with Gasteiger partial charge < -0.3 is 10.0 Å². The Hall–Kier alpha value is -2.48. The number of nitro benzene ring substituents is 1. The van der Waals surface area contributed by atoms with Gasteiger partial charge in [-0.25, -0.2) is 0 Å². The van der Waals surface area contributed by atoms with Crippen LogP contribution in [-0.2, 0) is 0 Å². The van der Waals surface area contributed by atoms with Crippen molar-refractivity contribution in [1.82, 2.24) is 15.1 Å². The third-order valence-electron chi connectivity index (χ3n) is 3.50. The summed E-state index contributed by atoms with van der Waals surface area (Å²) in [4.78, 5) is 25.0. The van der Waals surface area contributed by atoms with Crippen LogP contribution in [0, 0.1) is 15.5 Å². The fraction of sp³-hybridized carbons (Fsp3) is 0.500.